The van der Waals surface area contributed by atoms with Gasteiger partial charge < -0.3 is 14.5 Å². The predicted octanol–water partition coefficient (Wildman–Crippen LogP) is 2.55. The maximum Gasteiger partial charge on any atom is 0.256 e. The van der Waals surface area contributed by atoms with E-state index < -0.39 is 0 Å². The molecule has 0 radical (unpaired) electrons. The van der Waals surface area contributed by atoms with Crippen molar-refractivity contribution in [1.29, 1.82) is 0 Å². The third kappa shape index (κ3) is 2.05. The summed E-state index contributed by atoms with van der Waals surface area (Å²) < 4.78 is 15.6. The Kier molecular flexibility index (Phi) is 3.01. The van der Waals surface area contributed by atoms with E-state index in [9.17, 15) is 9.18 Å². The molecule has 1 aromatic carbocycles. The molecule has 0 aliphatic carbocycles. The number of carbonyl (C=O) groups is 1. The third-order valence-electron chi connectivity index (χ3n) is 4.68. The molecule has 0 unspecified atom stereocenters. The van der Waals surface area contributed by atoms with Crippen LogP contribution in [0.4, 0.5) is 4.39 Å². The van der Waals surface area contributed by atoms with E-state index in [1.54, 1.807) is 17.3 Å². The molecule has 3 aromatic rings. The average Bonchev–Trinajstić information content (AvgIpc) is 3.05. The van der Waals surface area contributed by atoms with Gasteiger partial charge in [-0.15, -0.1) is 0 Å². The molecule has 4 rings (SSSR count). The molecular formula is C17H17FN4O. The lowest BCUT2D eigenvalue weighted by Gasteiger charge is -2.27. The summed E-state index contributed by atoms with van der Waals surface area (Å²) in [6.07, 6.45) is 2.40. The Morgan fingerprint density at radius 1 is 1.39 bits per heavy atom. The van der Waals surface area contributed by atoms with Gasteiger partial charge in [-0.3, -0.25) is 4.79 Å². The van der Waals surface area contributed by atoms with Crippen molar-refractivity contribution in [3.63, 3.8) is 0 Å². The summed E-state index contributed by atoms with van der Waals surface area (Å²) in [4.78, 5) is 22.0. The number of carbonyl (C=O) groups excluding carboxylic acids is 1. The minimum absolute atomic E-state index is 0.0511. The number of imidazole rings is 1. The van der Waals surface area contributed by atoms with E-state index in [2.05, 4.69) is 9.97 Å². The van der Waals surface area contributed by atoms with E-state index in [0.717, 1.165) is 29.0 Å². The number of halogens is 1. The summed E-state index contributed by atoms with van der Waals surface area (Å²) in [6.45, 7) is 3.06. The van der Waals surface area contributed by atoms with E-state index in [4.69, 9.17) is 0 Å². The lowest BCUT2D eigenvalue weighted by molar-refractivity contribution is 0.0725. The first-order valence-electron chi connectivity index (χ1n) is 7.61. The van der Waals surface area contributed by atoms with Crippen LogP contribution >= 0.6 is 0 Å². The highest BCUT2D eigenvalue weighted by atomic mass is 19.1. The Balaban J connectivity index is 1.79. The summed E-state index contributed by atoms with van der Waals surface area (Å²) in [5, 5.41) is 0.691. The molecule has 0 saturated carbocycles. The fourth-order valence-electron chi connectivity index (χ4n) is 3.38. The standard InChI is InChI=1S/C17H17FN4O/c1-10-13(20-9-19-10)8-22-6-5-15-16(17(22)23)12-7-11(18)3-4-14(12)21(15)2/h3-4,7,9H,5-6,8H2,1-2H3,(H,19,20). The molecular weight excluding hydrogens is 295 g/mol. The van der Waals surface area contributed by atoms with Crippen LogP contribution in [-0.4, -0.2) is 31.9 Å². The van der Waals surface area contributed by atoms with Gasteiger partial charge in [-0.05, 0) is 25.1 Å². The van der Waals surface area contributed by atoms with E-state index in [1.807, 2.05) is 18.5 Å². The normalized spacial score (nSPS) is 14.6. The predicted molar refractivity (Wildman–Crippen MR) is 84.6 cm³/mol. The van der Waals surface area contributed by atoms with Crippen LogP contribution in [0.5, 0.6) is 0 Å². The molecule has 2 aromatic heterocycles. The van der Waals surface area contributed by atoms with Crippen LogP contribution in [0, 0.1) is 12.7 Å². The second kappa shape index (κ2) is 4.94. The zero-order chi connectivity index (χ0) is 16.1. The molecule has 118 valence electrons. The molecule has 1 aliphatic rings. The van der Waals surface area contributed by atoms with Gasteiger partial charge in [0.05, 0.1) is 24.1 Å². The van der Waals surface area contributed by atoms with Crippen molar-refractivity contribution in [3.8, 4) is 0 Å². The number of nitrogens with zero attached hydrogens (tertiary/aromatic N) is 3. The summed E-state index contributed by atoms with van der Waals surface area (Å²) in [6, 6.07) is 4.62. The van der Waals surface area contributed by atoms with Crippen molar-refractivity contribution in [3.05, 3.63) is 53.0 Å². The SMILES string of the molecule is Cc1[nH]cnc1CN1CCc2c(c3cc(F)ccc3n2C)C1=O. The van der Waals surface area contributed by atoms with Crippen LogP contribution in [0.2, 0.25) is 0 Å². The second-order valence-electron chi connectivity index (χ2n) is 5.99. The number of fused-ring (bicyclic) bond motifs is 3. The lowest BCUT2D eigenvalue weighted by atomic mass is 10.0. The van der Waals surface area contributed by atoms with Crippen molar-refractivity contribution < 1.29 is 9.18 Å². The van der Waals surface area contributed by atoms with Gasteiger partial charge in [0.2, 0.25) is 0 Å². The first-order chi connectivity index (χ1) is 11.1. The highest BCUT2D eigenvalue weighted by Gasteiger charge is 2.30. The molecule has 0 atom stereocenters. The van der Waals surface area contributed by atoms with Crippen molar-refractivity contribution in [1.82, 2.24) is 19.4 Å². The van der Waals surface area contributed by atoms with Crippen LogP contribution < -0.4 is 0 Å². The number of amides is 1. The largest absolute Gasteiger partial charge is 0.348 e. The summed E-state index contributed by atoms with van der Waals surface area (Å²) in [5.41, 5.74) is 4.33. The number of aromatic nitrogens is 3. The minimum atomic E-state index is -0.320. The zero-order valence-corrected chi connectivity index (χ0v) is 13.1. The Morgan fingerprint density at radius 3 is 2.96 bits per heavy atom. The quantitative estimate of drug-likeness (QED) is 0.790. The summed E-state index contributed by atoms with van der Waals surface area (Å²) >= 11 is 0. The number of hydrogen-bond donors (Lipinski definition) is 1. The highest BCUT2D eigenvalue weighted by molar-refractivity contribution is 6.09. The van der Waals surface area contributed by atoms with Gasteiger partial charge in [0.25, 0.3) is 5.91 Å². The number of benzene rings is 1. The van der Waals surface area contributed by atoms with E-state index in [0.29, 0.717) is 24.0 Å². The van der Waals surface area contributed by atoms with Crippen LogP contribution in [0.25, 0.3) is 10.9 Å². The number of aryl methyl sites for hydroxylation is 2. The van der Waals surface area contributed by atoms with E-state index in [1.165, 1.54) is 12.1 Å². The fourth-order valence-corrected chi connectivity index (χ4v) is 3.38. The van der Waals surface area contributed by atoms with Gasteiger partial charge >= 0.3 is 0 Å². The molecule has 0 fully saturated rings. The molecule has 0 bridgehead atoms. The molecule has 0 spiro atoms. The Hall–Kier alpha value is -2.63. The number of H-pyrrole nitrogens is 1. The molecule has 3 heterocycles. The monoisotopic (exact) mass is 312 g/mol. The molecule has 0 saturated heterocycles. The Morgan fingerprint density at radius 2 is 2.22 bits per heavy atom. The van der Waals surface area contributed by atoms with Crippen molar-refractivity contribution in [2.24, 2.45) is 7.05 Å². The van der Waals surface area contributed by atoms with E-state index in [-0.39, 0.29) is 11.7 Å². The molecule has 6 heteroatoms. The molecule has 23 heavy (non-hydrogen) atoms. The lowest BCUT2D eigenvalue weighted by Crippen LogP contribution is -2.37. The van der Waals surface area contributed by atoms with Crippen molar-refractivity contribution >= 4 is 16.8 Å². The van der Waals surface area contributed by atoms with E-state index >= 15 is 0 Å². The van der Waals surface area contributed by atoms with Crippen LogP contribution in [0.3, 0.4) is 0 Å². The maximum absolute atomic E-state index is 13.6. The zero-order valence-electron chi connectivity index (χ0n) is 13.1. The molecule has 5 nitrogen and oxygen atoms in total. The van der Waals surface area contributed by atoms with Gasteiger partial charge in [-0.1, -0.05) is 0 Å². The number of hydrogen-bond acceptors (Lipinski definition) is 2. The summed E-state index contributed by atoms with van der Waals surface area (Å²) in [5.74, 6) is -0.371. The summed E-state index contributed by atoms with van der Waals surface area (Å²) in [7, 11) is 1.93. The number of rotatable bonds is 2. The van der Waals surface area contributed by atoms with Crippen LogP contribution in [-0.2, 0) is 20.0 Å². The molecule has 1 amide bonds. The average molecular weight is 312 g/mol. The van der Waals surface area contributed by atoms with Gasteiger partial charge in [-0.2, -0.15) is 0 Å². The number of aromatic amines is 1. The van der Waals surface area contributed by atoms with Crippen molar-refractivity contribution in [2.75, 3.05) is 6.54 Å². The fraction of sp³-hybridized carbons (Fsp3) is 0.294. The van der Waals surface area contributed by atoms with Crippen LogP contribution in [0.1, 0.15) is 27.4 Å². The highest BCUT2D eigenvalue weighted by Crippen LogP contribution is 2.31. The molecule has 1 aliphatic heterocycles. The van der Waals surface area contributed by atoms with Crippen molar-refractivity contribution in [2.45, 2.75) is 19.9 Å². The smallest absolute Gasteiger partial charge is 0.256 e. The van der Waals surface area contributed by atoms with Gasteiger partial charge in [0, 0.05) is 42.3 Å². The minimum Gasteiger partial charge on any atom is -0.348 e. The Labute approximate surface area is 132 Å². The van der Waals surface area contributed by atoms with Crippen LogP contribution in [0.15, 0.2) is 24.5 Å². The Bertz CT molecular complexity index is 924. The number of nitrogens with one attached hydrogen (secondary N) is 1. The first kappa shape index (κ1) is 14.0. The third-order valence-corrected chi connectivity index (χ3v) is 4.68. The molecule has 1 N–H and O–H groups in total. The topological polar surface area (TPSA) is 53.9 Å². The second-order valence-corrected chi connectivity index (χ2v) is 5.99. The first-order valence-corrected chi connectivity index (χ1v) is 7.61. The van der Waals surface area contributed by atoms with Gasteiger partial charge in [0.1, 0.15) is 5.82 Å². The van der Waals surface area contributed by atoms with Gasteiger partial charge in [-0.25, -0.2) is 9.37 Å². The maximum atomic E-state index is 13.6. The van der Waals surface area contributed by atoms with Gasteiger partial charge in [0.15, 0.2) is 0 Å².